The summed E-state index contributed by atoms with van der Waals surface area (Å²) in [4.78, 5) is 0. The first-order chi connectivity index (χ1) is 6.74. The van der Waals surface area contributed by atoms with E-state index in [4.69, 9.17) is 10.00 Å². The highest BCUT2D eigenvalue weighted by Crippen LogP contribution is 2.33. The lowest BCUT2D eigenvalue weighted by molar-refractivity contribution is 0.351. The van der Waals surface area contributed by atoms with Crippen LogP contribution in [0.2, 0.25) is 0 Å². The molecule has 0 aromatic heterocycles. The average molecular weight is 195 g/mol. The zero-order valence-corrected chi connectivity index (χ0v) is 7.31. The highest BCUT2D eigenvalue weighted by molar-refractivity contribution is 5.46. The van der Waals surface area contributed by atoms with E-state index in [-0.39, 0.29) is 17.7 Å². The van der Waals surface area contributed by atoms with Crippen LogP contribution >= 0.6 is 0 Å². The number of halogens is 2. The van der Waals surface area contributed by atoms with Gasteiger partial charge in [-0.1, -0.05) is 0 Å². The molecule has 1 aliphatic heterocycles. The number of benzene rings is 1. The molecule has 14 heavy (non-hydrogen) atoms. The molecule has 0 radical (unpaired) electrons. The van der Waals surface area contributed by atoms with E-state index in [0.29, 0.717) is 18.6 Å². The van der Waals surface area contributed by atoms with Gasteiger partial charge in [-0.2, -0.15) is 5.26 Å². The predicted molar refractivity (Wildman–Crippen MR) is 44.9 cm³/mol. The lowest BCUT2D eigenvalue weighted by Crippen LogP contribution is -1.96. The maximum atomic E-state index is 13.2. The zero-order valence-electron chi connectivity index (χ0n) is 7.31. The smallest absolute Gasteiger partial charge is 0.134 e. The molecule has 2 rings (SSSR count). The van der Waals surface area contributed by atoms with Gasteiger partial charge in [0.05, 0.1) is 19.1 Å². The van der Waals surface area contributed by atoms with Crippen LogP contribution in [0.4, 0.5) is 8.78 Å². The summed E-state index contributed by atoms with van der Waals surface area (Å²) < 4.78 is 31.5. The van der Waals surface area contributed by atoms with Crippen LogP contribution in [0.15, 0.2) is 6.07 Å². The van der Waals surface area contributed by atoms with Gasteiger partial charge < -0.3 is 4.74 Å². The number of fused-ring (bicyclic) bond motifs is 1. The van der Waals surface area contributed by atoms with Gasteiger partial charge in [0.15, 0.2) is 0 Å². The lowest BCUT2D eigenvalue weighted by Gasteiger charge is -2.06. The van der Waals surface area contributed by atoms with E-state index in [0.717, 1.165) is 6.07 Å². The predicted octanol–water partition coefficient (Wildman–Crippen LogP) is 1.97. The fourth-order valence-corrected chi connectivity index (χ4v) is 1.59. The molecular formula is C10H7F2NO. The summed E-state index contributed by atoms with van der Waals surface area (Å²) in [6.45, 7) is 0.355. The Morgan fingerprint density at radius 1 is 1.43 bits per heavy atom. The summed E-state index contributed by atoms with van der Waals surface area (Å²) in [5, 5.41) is 8.48. The standard InChI is InChI=1S/C10H7F2NO/c11-8-5-9(12)7-2-4-14-10(7)6(8)1-3-13/h5H,1-2,4H2. The highest BCUT2D eigenvalue weighted by atomic mass is 19.1. The summed E-state index contributed by atoms with van der Waals surface area (Å²) >= 11 is 0. The highest BCUT2D eigenvalue weighted by Gasteiger charge is 2.23. The second-order valence-corrected chi connectivity index (χ2v) is 3.06. The summed E-state index contributed by atoms with van der Waals surface area (Å²) in [6, 6.07) is 2.65. The molecule has 0 unspecified atom stereocenters. The third-order valence-corrected chi connectivity index (χ3v) is 2.23. The molecule has 0 saturated heterocycles. The Bertz CT molecular complexity index is 423. The van der Waals surface area contributed by atoms with Crippen molar-refractivity contribution in [1.82, 2.24) is 0 Å². The number of hydrogen-bond donors (Lipinski definition) is 0. The Balaban J connectivity index is 2.61. The zero-order chi connectivity index (χ0) is 10.1. The monoisotopic (exact) mass is 195 g/mol. The number of nitrogens with zero attached hydrogens (tertiary/aromatic N) is 1. The van der Waals surface area contributed by atoms with Crippen molar-refractivity contribution in [2.75, 3.05) is 6.61 Å². The molecule has 72 valence electrons. The Morgan fingerprint density at radius 2 is 2.21 bits per heavy atom. The van der Waals surface area contributed by atoms with Crippen molar-refractivity contribution in [2.24, 2.45) is 0 Å². The normalized spacial score (nSPS) is 13.2. The molecule has 1 aromatic rings. The number of rotatable bonds is 1. The van der Waals surface area contributed by atoms with E-state index >= 15 is 0 Å². The summed E-state index contributed by atoms with van der Waals surface area (Å²) in [5.74, 6) is -1.06. The van der Waals surface area contributed by atoms with Gasteiger partial charge in [-0.15, -0.1) is 0 Å². The number of hydrogen-bond acceptors (Lipinski definition) is 2. The van der Waals surface area contributed by atoms with Crippen molar-refractivity contribution in [1.29, 1.82) is 5.26 Å². The first-order valence-corrected chi connectivity index (χ1v) is 4.23. The minimum Gasteiger partial charge on any atom is -0.492 e. The summed E-state index contributed by atoms with van der Waals surface area (Å²) in [6.07, 6.45) is 0.355. The van der Waals surface area contributed by atoms with Crippen molar-refractivity contribution >= 4 is 0 Å². The Hall–Kier alpha value is -1.63. The van der Waals surface area contributed by atoms with Crippen LogP contribution < -0.4 is 4.74 Å². The van der Waals surface area contributed by atoms with Crippen LogP contribution in [0.5, 0.6) is 5.75 Å². The van der Waals surface area contributed by atoms with E-state index in [9.17, 15) is 8.78 Å². The van der Waals surface area contributed by atoms with Gasteiger partial charge in [-0.25, -0.2) is 8.78 Å². The summed E-state index contributed by atoms with van der Waals surface area (Å²) in [5.41, 5.74) is 0.554. The molecule has 0 amide bonds. The van der Waals surface area contributed by atoms with Gasteiger partial charge in [0.1, 0.15) is 17.4 Å². The first-order valence-electron chi connectivity index (χ1n) is 4.23. The van der Waals surface area contributed by atoms with E-state index in [1.165, 1.54) is 0 Å². The molecule has 0 saturated carbocycles. The molecule has 0 spiro atoms. The SMILES string of the molecule is N#CCc1c(F)cc(F)c2c1OCC2. The van der Waals surface area contributed by atoms with Crippen molar-refractivity contribution in [2.45, 2.75) is 12.8 Å². The first kappa shape index (κ1) is 8.95. The molecule has 0 N–H and O–H groups in total. The molecule has 0 aliphatic carbocycles. The van der Waals surface area contributed by atoms with E-state index < -0.39 is 11.6 Å². The molecule has 1 aliphatic rings. The topological polar surface area (TPSA) is 33.0 Å². The molecule has 2 nitrogen and oxygen atoms in total. The van der Waals surface area contributed by atoms with Crippen molar-refractivity contribution < 1.29 is 13.5 Å². The second-order valence-electron chi connectivity index (χ2n) is 3.06. The largest absolute Gasteiger partial charge is 0.492 e. The van der Waals surface area contributed by atoms with E-state index in [2.05, 4.69) is 0 Å². The average Bonchev–Trinajstić information content (AvgIpc) is 2.60. The maximum Gasteiger partial charge on any atom is 0.134 e. The van der Waals surface area contributed by atoms with Crippen LogP contribution in [0, 0.1) is 23.0 Å². The van der Waals surface area contributed by atoms with Crippen LogP contribution in [0.25, 0.3) is 0 Å². The maximum absolute atomic E-state index is 13.2. The van der Waals surface area contributed by atoms with Gasteiger partial charge >= 0.3 is 0 Å². The number of ether oxygens (including phenoxy) is 1. The van der Waals surface area contributed by atoms with Gasteiger partial charge in [0.2, 0.25) is 0 Å². The van der Waals surface area contributed by atoms with Crippen molar-refractivity contribution in [3.05, 3.63) is 28.8 Å². The molecule has 4 heteroatoms. The molecule has 0 bridgehead atoms. The van der Waals surface area contributed by atoms with Gasteiger partial charge in [0, 0.05) is 23.6 Å². The fraction of sp³-hybridized carbons (Fsp3) is 0.300. The molecule has 1 heterocycles. The minimum absolute atomic E-state index is 0.0888. The Morgan fingerprint density at radius 3 is 2.93 bits per heavy atom. The third kappa shape index (κ3) is 1.22. The molecular weight excluding hydrogens is 188 g/mol. The Kier molecular flexibility index (Phi) is 2.08. The van der Waals surface area contributed by atoms with Crippen LogP contribution in [-0.2, 0) is 12.8 Å². The summed E-state index contributed by atoms with van der Waals surface area (Å²) in [7, 11) is 0. The van der Waals surface area contributed by atoms with Gasteiger partial charge in [-0.05, 0) is 0 Å². The van der Waals surface area contributed by atoms with E-state index in [1.54, 1.807) is 0 Å². The van der Waals surface area contributed by atoms with E-state index in [1.807, 2.05) is 6.07 Å². The quantitative estimate of drug-likeness (QED) is 0.686. The number of nitriles is 1. The second kappa shape index (κ2) is 3.26. The molecule has 0 atom stereocenters. The van der Waals surface area contributed by atoms with Crippen molar-refractivity contribution in [3.8, 4) is 11.8 Å². The fourth-order valence-electron chi connectivity index (χ4n) is 1.59. The third-order valence-electron chi connectivity index (χ3n) is 2.23. The molecule has 0 fully saturated rings. The van der Waals surface area contributed by atoms with Crippen LogP contribution in [0.3, 0.4) is 0 Å². The van der Waals surface area contributed by atoms with Crippen molar-refractivity contribution in [3.63, 3.8) is 0 Å². The van der Waals surface area contributed by atoms with Crippen LogP contribution in [0.1, 0.15) is 11.1 Å². The van der Waals surface area contributed by atoms with Crippen LogP contribution in [-0.4, -0.2) is 6.61 Å². The minimum atomic E-state index is -0.704. The lowest BCUT2D eigenvalue weighted by atomic mass is 10.0. The Labute approximate surface area is 79.7 Å². The van der Waals surface area contributed by atoms with Gasteiger partial charge in [-0.3, -0.25) is 0 Å². The molecule has 1 aromatic carbocycles. The van der Waals surface area contributed by atoms with Gasteiger partial charge in [0.25, 0.3) is 0 Å².